The first kappa shape index (κ1) is 72.5. The van der Waals surface area contributed by atoms with Crippen molar-refractivity contribution in [2.75, 3.05) is 0 Å². The zero-order valence-electron chi connectivity index (χ0n) is 67.5. The summed E-state index contributed by atoms with van der Waals surface area (Å²) in [6, 6.07) is 161. The molecule has 0 atom stereocenters. The Balaban J connectivity index is 0.000000143. The lowest BCUT2D eigenvalue weighted by Crippen LogP contribution is -2.01. The monoisotopic (exact) mass is 1580 g/mol. The van der Waals surface area contributed by atoms with Crippen LogP contribution in [-0.4, -0.2) is 38.2 Å². The van der Waals surface area contributed by atoms with Gasteiger partial charge >= 0.3 is 0 Å². The molecular formula is C116H76N8. The third kappa shape index (κ3) is 13.1. The van der Waals surface area contributed by atoms with Crippen LogP contribution in [0.4, 0.5) is 0 Å². The second-order valence-electron chi connectivity index (χ2n) is 31.7. The molecule has 0 fully saturated rings. The van der Waals surface area contributed by atoms with Crippen LogP contribution in [0.15, 0.2) is 461 Å². The Morgan fingerprint density at radius 2 is 0.363 bits per heavy atom. The lowest BCUT2D eigenvalue weighted by molar-refractivity contribution is 0.992. The van der Waals surface area contributed by atoms with Crippen LogP contribution in [-0.2, 0) is 0 Å². The fourth-order valence-corrected chi connectivity index (χ4v) is 18.5. The highest BCUT2D eigenvalue weighted by molar-refractivity contribution is 6.15. The number of nitrogens with zero attached hydrogens (tertiary/aromatic N) is 8. The van der Waals surface area contributed by atoms with Gasteiger partial charge in [-0.15, -0.1) is 0 Å². The van der Waals surface area contributed by atoms with E-state index < -0.39 is 0 Å². The number of hydrogen-bond acceptors (Lipinski definition) is 4. The number of aromatic nitrogens is 8. The van der Waals surface area contributed by atoms with Gasteiger partial charge in [-0.3, -0.25) is 9.13 Å². The van der Waals surface area contributed by atoms with E-state index in [0.717, 1.165) is 122 Å². The number of benzene rings is 18. The minimum Gasteiger partial charge on any atom is -0.309 e. The second-order valence-corrected chi connectivity index (χ2v) is 31.7. The summed E-state index contributed by atoms with van der Waals surface area (Å²) in [5, 5.41) is 9.59. The molecule has 18 aromatic carbocycles. The highest BCUT2D eigenvalue weighted by atomic mass is 15.2. The maximum absolute atomic E-state index is 5.33. The Kier molecular flexibility index (Phi) is 18.1. The molecule has 0 spiro atoms. The first-order valence-electron chi connectivity index (χ1n) is 42.1. The molecule has 0 radical (unpaired) electrons. The molecule has 0 aliphatic carbocycles. The van der Waals surface area contributed by atoms with Crippen molar-refractivity contribution in [2.45, 2.75) is 0 Å². The summed E-state index contributed by atoms with van der Waals surface area (Å²) in [6.45, 7) is 0. The highest BCUT2D eigenvalue weighted by Gasteiger charge is 2.23. The molecule has 6 heterocycles. The Morgan fingerprint density at radius 3 is 0.726 bits per heavy atom. The maximum Gasteiger partial charge on any atom is 0.235 e. The first-order valence-corrected chi connectivity index (χ1v) is 42.1. The summed E-state index contributed by atoms with van der Waals surface area (Å²) in [6.07, 6.45) is 3.77. The van der Waals surface area contributed by atoms with Crippen molar-refractivity contribution in [3.05, 3.63) is 461 Å². The molecule has 0 saturated heterocycles. The number of fused-ring (bicyclic) bond motifs is 12. The van der Waals surface area contributed by atoms with Gasteiger partial charge in [0.15, 0.2) is 0 Å². The van der Waals surface area contributed by atoms with Crippen molar-refractivity contribution in [1.82, 2.24) is 38.2 Å². The third-order valence-electron chi connectivity index (χ3n) is 24.4. The average Bonchev–Trinajstić information content (AvgIpc) is 1.59. The molecule has 0 amide bonds. The van der Waals surface area contributed by atoms with Crippen molar-refractivity contribution in [3.8, 4) is 135 Å². The minimum atomic E-state index is 0.635. The lowest BCUT2D eigenvalue weighted by Gasteiger charge is -2.13. The molecule has 24 aromatic rings. The minimum absolute atomic E-state index is 0.635. The summed E-state index contributed by atoms with van der Waals surface area (Å²) in [7, 11) is 0. The molecule has 0 aliphatic rings. The zero-order valence-corrected chi connectivity index (χ0v) is 67.5. The zero-order chi connectivity index (χ0) is 82.0. The molecule has 124 heavy (non-hydrogen) atoms. The third-order valence-corrected chi connectivity index (χ3v) is 24.4. The van der Waals surface area contributed by atoms with E-state index in [0.29, 0.717) is 11.9 Å². The van der Waals surface area contributed by atoms with Gasteiger partial charge in [-0.05, 0) is 241 Å². The van der Waals surface area contributed by atoms with Gasteiger partial charge < -0.3 is 9.13 Å². The highest BCUT2D eigenvalue weighted by Crippen LogP contribution is 2.44. The molecule has 0 saturated carbocycles. The fraction of sp³-hybridized carbons (Fsp3) is 0. The van der Waals surface area contributed by atoms with Crippen LogP contribution < -0.4 is 0 Å². The van der Waals surface area contributed by atoms with Crippen LogP contribution in [0.1, 0.15) is 0 Å². The molecule has 580 valence electrons. The van der Waals surface area contributed by atoms with E-state index in [4.69, 9.17) is 19.9 Å². The molecular weight excluding hydrogens is 1510 g/mol. The lowest BCUT2D eigenvalue weighted by atomic mass is 9.92. The summed E-state index contributed by atoms with van der Waals surface area (Å²) < 4.78 is 9.13. The first-order chi connectivity index (χ1) is 61.5. The van der Waals surface area contributed by atoms with Gasteiger partial charge in [0, 0.05) is 78.0 Å². The normalized spacial score (nSPS) is 11.5. The Morgan fingerprint density at radius 1 is 0.137 bits per heavy atom. The second kappa shape index (κ2) is 30.9. The quantitative estimate of drug-likeness (QED) is 0.109. The van der Waals surface area contributed by atoms with E-state index >= 15 is 0 Å². The smallest absolute Gasteiger partial charge is 0.235 e. The Hall–Kier alpha value is -16.7. The van der Waals surface area contributed by atoms with Crippen molar-refractivity contribution < 1.29 is 0 Å². The largest absolute Gasteiger partial charge is 0.309 e. The molecule has 8 heteroatoms. The van der Waals surface area contributed by atoms with Gasteiger partial charge in [-0.1, -0.05) is 297 Å². The molecule has 24 rings (SSSR count). The number of rotatable bonds is 14. The van der Waals surface area contributed by atoms with Gasteiger partial charge in [0.2, 0.25) is 11.9 Å². The van der Waals surface area contributed by atoms with Crippen LogP contribution >= 0.6 is 0 Å². The van der Waals surface area contributed by atoms with Crippen molar-refractivity contribution in [2.24, 2.45) is 0 Å². The van der Waals surface area contributed by atoms with Gasteiger partial charge in [-0.2, -0.15) is 0 Å². The maximum atomic E-state index is 5.33. The summed E-state index contributed by atoms with van der Waals surface area (Å²) in [4.78, 5) is 20.4. The average molecular weight is 1580 g/mol. The standard InChI is InChI=1S/2C58H38N4/c1-4-15-39(16-5-1)45-34-46(40-17-6-2-7-18-40)36-47(35-45)41-19-14-20-44(33-41)53-31-32-59-58(60-53)62-55-26-13-11-24-50(55)52-38-43(28-30-57(52)62)42-27-29-56-51(37-42)49-23-10-12-25-54(49)61(56)48-21-8-3-9-22-48;1-4-14-39(15-5-1)41-24-26-42(27-25-41)46-34-45(40-16-6-2-7-17-40)35-47(36-46)53-32-33-59-58(60-53)62-55-23-13-11-21-50(55)52-38-44(29-31-57(52)62)43-28-30-56-51(37-43)49-20-10-12-22-54(49)61(56)48-18-8-3-9-19-48/h2*1-38H. The Bertz CT molecular complexity index is 8140. The van der Waals surface area contributed by atoms with E-state index in [1.165, 1.54) is 88.1 Å². The van der Waals surface area contributed by atoms with Gasteiger partial charge in [-0.25, -0.2) is 19.9 Å². The van der Waals surface area contributed by atoms with Gasteiger partial charge in [0.1, 0.15) is 0 Å². The van der Waals surface area contributed by atoms with Crippen molar-refractivity contribution in [3.63, 3.8) is 0 Å². The van der Waals surface area contributed by atoms with E-state index in [-0.39, 0.29) is 0 Å². The SMILES string of the molecule is c1ccc(-c2cc(-c3ccccc3)cc(-c3cccc(-c4ccnc(-n5c6ccccc6c6cc(-c7ccc8c(c7)c7ccccc7n8-c7ccccc7)ccc65)n4)c3)c2)cc1.c1ccc(-c2ccc(-c3cc(-c4ccccc4)cc(-c4ccnc(-n5c6ccccc6c6cc(-c7ccc8c(c7)c7ccccc7n8-c7ccccc7)ccc65)n4)c3)cc2)cc1. The summed E-state index contributed by atoms with van der Waals surface area (Å²) in [5.74, 6) is 1.27. The van der Waals surface area contributed by atoms with Crippen molar-refractivity contribution in [1.29, 1.82) is 0 Å². The molecule has 0 N–H and O–H groups in total. The summed E-state index contributed by atoms with van der Waals surface area (Å²) >= 11 is 0. The van der Waals surface area contributed by atoms with E-state index in [1.807, 2.05) is 24.5 Å². The number of hydrogen-bond donors (Lipinski definition) is 0. The van der Waals surface area contributed by atoms with E-state index in [2.05, 4.69) is 455 Å². The van der Waals surface area contributed by atoms with Crippen LogP contribution in [0.5, 0.6) is 0 Å². The fourth-order valence-electron chi connectivity index (χ4n) is 18.5. The number of para-hydroxylation sites is 6. The van der Waals surface area contributed by atoms with Gasteiger partial charge in [0.25, 0.3) is 0 Å². The van der Waals surface area contributed by atoms with Crippen LogP contribution in [0.3, 0.4) is 0 Å². The topological polar surface area (TPSA) is 71.3 Å². The molecule has 0 bridgehead atoms. The van der Waals surface area contributed by atoms with E-state index in [1.54, 1.807) is 0 Å². The molecule has 6 aromatic heterocycles. The molecule has 0 unspecified atom stereocenters. The summed E-state index contributed by atoms with van der Waals surface area (Å²) in [5.41, 5.74) is 33.8. The van der Waals surface area contributed by atoms with Crippen molar-refractivity contribution >= 4 is 87.2 Å². The van der Waals surface area contributed by atoms with Crippen LogP contribution in [0.25, 0.3) is 222 Å². The molecule has 0 aliphatic heterocycles. The van der Waals surface area contributed by atoms with Crippen LogP contribution in [0.2, 0.25) is 0 Å². The predicted octanol–water partition coefficient (Wildman–Crippen LogP) is 30.0. The predicted molar refractivity (Wildman–Crippen MR) is 516 cm³/mol. The van der Waals surface area contributed by atoms with Crippen LogP contribution in [0, 0.1) is 0 Å². The Labute approximate surface area is 716 Å². The van der Waals surface area contributed by atoms with E-state index in [9.17, 15) is 0 Å². The molecule has 8 nitrogen and oxygen atoms in total. The van der Waals surface area contributed by atoms with Gasteiger partial charge in [0.05, 0.1) is 55.5 Å².